The summed E-state index contributed by atoms with van der Waals surface area (Å²) in [5, 5.41) is 1.99. The lowest BCUT2D eigenvalue weighted by Gasteiger charge is -2.13. The summed E-state index contributed by atoms with van der Waals surface area (Å²) < 4.78 is 18.9. The van der Waals surface area contributed by atoms with E-state index in [1.54, 1.807) is 29.5 Å². The number of hydrogen-bond donors (Lipinski definition) is 1. The fraction of sp³-hybridized carbons (Fsp3) is 0.231. The summed E-state index contributed by atoms with van der Waals surface area (Å²) in [6.07, 6.45) is 0.641. The Bertz CT molecular complexity index is 484. The van der Waals surface area contributed by atoms with Crippen LogP contribution in [0.3, 0.4) is 0 Å². The maximum atomic E-state index is 14.0. The molecule has 0 bridgehead atoms. The van der Waals surface area contributed by atoms with Crippen molar-refractivity contribution in [3.05, 3.63) is 52.0 Å². The van der Waals surface area contributed by atoms with Crippen LogP contribution in [0.15, 0.2) is 35.7 Å². The fourth-order valence-electron chi connectivity index (χ4n) is 1.73. The van der Waals surface area contributed by atoms with Gasteiger partial charge in [-0.25, -0.2) is 4.39 Å². The maximum Gasteiger partial charge on any atom is 0.169 e. The van der Waals surface area contributed by atoms with Crippen LogP contribution in [0.1, 0.15) is 16.5 Å². The quantitative estimate of drug-likeness (QED) is 0.906. The monoisotopic (exact) mass is 251 g/mol. The molecule has 0 aliphatic carbocycles. The van der Waals surface area contributed by atoms with E-state index in [1.165, 1.54) is 7.11 Å². The van der Waals surface area contributed by atoms with Crippen molar-refractivity contribution in [1.82, 2.24) is 0 Å². The maximum absolute atomic E-state index is 14.0. The minimum Gasteiger partial charge on any atom is -0.494 e. The first-order valence-corrected chi connectivity index (χ1v) is 6.20. The van der Waals surface area contributed by atoms with Crippen molar-refractivity contribution in [2.45, 2.75) is 12.5 Å². The van der Waals surface area contributed by atoms with Gasteiger partial charge in [-0.3, -0.25) is 0 Å². The fourth-order valence-corrected chi connectivity index (χ4v) is 2.49. The number of ether oxygens (including phenoxy) is 1. The van der Waals surface area contributed by atoms with Crippen LogP contribution in [-0.4, -0.2) is 7.11 Å². The molecule has 0 spiro atoms. The molecule has 1 atom stereocenters. The van der Waals surface area contributed by atoms with Gasteiger partial charge in [0.15, 0.2) is 11.6 Å². The molecule has 0 saturated carbocycles. The smallest absolute Gasteiger partial charge is 0.169 e. The summed E-state index contributed by atoms with van der Waals surface area (Å²) in [6.45, 7) is 0. The van der Waals surface area contributed by atoms with Gasteiger partial charge in [0.25, 0.3) is 0 Å². The number of nitrogens with two attached hydrogens (primary N) is 1. The van der Waals surface area contributed by atoms with Crippen LogP contribution in [0.25, 0.3) is 0 Å². The molecule has 2 aromatic rings. The molecule has 2 N–H and O–H groups in total. The highest BCUT2D eigenvalue weighted by Gasteiger charge is 2.15. The molecule has 0 saturated heterocycles. The first kappa shape index (κ1) is 12.1. The van der Waals surface area contributed by atoms with Crippen molar-refractivity contribution < 1.29 is 9.13 Å². The predicted octanol–water partition coefficient (Wildman–Crippen LogP) is 3.14. The van der Waals surface area contributed by atoms with Crippen LogP contribution in [0.4, 0.5) is 4.39 Å². The van der Waals surface area contributed by atoms with Gasteiger partial charge in [-0.2, -0.15) is 0 Å². The lowest BCUT2D eigenvalue weighted by Crippen LogP contribution is -2.14. The minimum atomic E-state index is -0.362. The number of rotatable bonds is 4. The molecular formula is C13H14FNOS. The molecule has 0 aliphatic rings. The molecule has 1 heterocycles. The second-order valence-corrected chi connectivity index (χ2v) is 4.79. The normalized spacial score (nSPS) is 12.4. The Labute approximate surface area is 104 Å². The van der Waals surface area contributed by atoms with E-state index in [4.69, 9.17) is 10.5 Å². The summed E-state index contributed by atoms with van der Waals surface area (Å²) >= 11 is 1.63. The zero-order chi connectivity index (χ0) is 12.3. The molecule has 0 fully saturated rings. The van der Waals surface area contributed by atoms with Gasteiger partial charge < -0.3 is 10.5 Å². The van der Waals surface area contributed by atoms with Crippen LogP contribution in [-0.2, 0) is 6.42 Å². The second kappa shape index (κ2) is 5.29. The lowest BCUT2D eigenvalue weighted by atomic mass is 10.0. The van der Waals surface area contributed by atoms with E-state index in [0.29, 0.717) is 12.0 Å². The Balaban J connectivity index is 2.22. The molecule has 1 unspecified atom stereocenters. The summed E-state index contributed by atoms with van der Waals surface area (Å²) in [4.78, 5) is 1.15. The number of halogens is 1. The van der Waals surface area contributed by atoms with Crippen molar-refractivity contribution in [1.29, 1.82) is 0 Å². The first-order chi connectivity index (χ1) is 8.22. The van der Waals surface area contributed by atoms with Gasteiger partial charge in [-0.15, -0.1) is 11.3 Å². The van der Waals surface area contributed by atoms with Gasteiger partial charge in [0.2, 0.25) is 0 Å². The first-order valence-electron chi connectivity index (χ1n) is 5.32. The average Bonchev–Trinajstić information content (AvgIpc) is 2.82. The molecule has 0 radical (unpaired) electrons. The van der Waals surface area contributed by atoms with Gasteiger partial charge in [-0.05, 0) is 17.5 Å². The zero-order valence-electron chi connectivity index (χ0n) is 9.52. The molecule has 2 nitrogen and oxygen atoms in total. The minimum absolute atomic E-state index is 0.240. The Morgan fingerprint density at radius 2 is 2.18 bits per heavy atom. The number of hydrogen-bond acceptors (Lipinski definition) is 3. The highest BCUT2D eigenvalue weighted by Crippen LogP contribution is 2.26. The highest BCUT2D eigenvalue weighted by molar-refractivity contribution is 7.09. The third-order valence-corrected chi connectivity index (χ3v) is 3.51. The predicted molar refractivity (Wildman–Crippen MR) is 67.9 cm³/mol. The SMILES string of the molecule is COc1cccc(C(N)Cc2cccs2)c1F. The molecule has 4 heteroatoms. The van der Waals surface area contributed by atoms with Gasteiger partial charge in [-0.1, -0.05) is 18.2 Å². The number of benzene rings is 1. The summed E-state index contributed by atoms with van der Waals surface area (Å²) in [6, 6.07) is 8.68. The summed E-state index contributed by atoms with van der Waals surface area (Å²) in [5.41, 5.74) is 6.52. The van der Waals surface area contributed by atoms with E-state index < -0.39 is 0 Å². The molecule has 0 amide bonds. The molecule has 17 heavy (non-hydrogen) atoms. The van der Waals surface area contributed by atoms with Crippen molar-refractivity contribution in [3.63, 3.8) is 0 Å². The van der Waals surface area contributed by atoms with Crippen molar-refractivity contribution in [2.24, 2.45) is 5.73 Å². The van der Waals surface area contributed by atoms with Crippen LogP contribution in [0.5, 0.6) is 5.75 Å². The standard InChI is InChI=1S/C13H14FNOS/c1-16-12-6-2-5-10(13(12)14)11(15)8-9-4-3-7-17-9/h2-7,11H,8,15H2,1H3. The third kappa shape index (κ3) is 2.65. The zero-order valence-corrected chi connectivity index (χ0v) is 10.3. The largest absolute Gasteiger partial charge is 0.494 e. The molecular weight excluding hydrogens is 237 g/mol. The van der Waals surface area contributed by atoms with E-state index in [2.05, 4.69) is 0 Å². The van der Waals surface area contributed by atoms with Crippen LogP contribution >= 0.6 is 11.3 Å². The summed E-state index contributed by atoms with van der Waals surface area (Å²) in [5.74, 6) is -0.122. The summed E-state index contributed by atoms with van der Waals surface area (Å²) in [7, 11) is 1.45. The topological polar surface area (TPSA) is 35.2 Å². The Morgan fingerprint density at radius 3 is 2.82 bits per heavy atom. The third-order valence-electron chi connectivity index (χ3n) is 2.61. The Morgan fingerprint density at radius 1 is 1.35 bits per heavy atom. The van der Waals surface area contributed by atoms with E-state index >= 15 is 0 Å². The van der Waals surface area contributed by atoms with E-state index in [0.717, 1.165) is 4.88 Å². The molecule has 0 aliphatic heterocycles. The van der Waals surface area contributed by atoms with E-state index in [-0.39, 0.29) is 17.6 Å². The average molecular weight is 251 g/mol. The van der Waals surface area contributed by atoms with Crippen LogP contribution in [0.2, 0.25) is 0 Å². The molecule has 1 aromatic heterocycles. The molecule has 1 aromatic carbocycles. The van der Waals surface area contributed by atoms with E-state index in [1.807, 2.05) is 17.5 Å². The van der Waals surface area contributed by atoms with Gasteiger partial charge >= 0.3 is 0 Å². The van der Waals surface area contributed by atoms with Crippen LogP contribution < -0.4 is 10.5 Å². The van der Waals surface area contributed by atoms with Gasteiger partial charge in [0.1, 0.15) is 0 Å². The number of thiophene rings is 1. The highest BCUT2D eigenvalue weighted by atomic mass is 32.1. The van der Waals surface area contributed by atoms with Crippen molar-refractivity contribution in [3.8, 4) is 5.75 Å². The van der Waals surface area contributed by atoms with Gasteiger partial charge in [0.05, 0.1) is 7.11 Å². The van der Waals surface area contributed by atoms with Crippen molar-refractivity contribution >= 4 is 11.3 Å². The molecule has 2 rings (SSSR count). The van der Waals surface area contributed by atoms with E-state index in [9.17, 15) is 4.39 Å². The Hall–Kier alpha value is -1.39. The number of methoxy groups -OCH3 is 1. The Kier molecular flexibility index (Phi) is 3.76. The van der Waals surface area contributed by atoms with Crippen LogP contribution in [0, 0.1) is 5.82 Å². The lowest BCUT2D eigenvalue weighted by molar-refractivity contribution is 0.382. The van der Waals surface area contributed by atoms with Gasteiger partial charge in [0, 0.05) is 22.9 Å². The molecule has 90 valence electrons. The van der Waals surface area contributed by atoms with Crippen molar-refractivity contribution in [2.75, 3.05) is 7.11 Å². The second-order valence-electron chi connectivity index (χ2n) is 3.75.